The standard InChI is InChI=1S/C12H8F6N2O.C11H6F6N2O/c1-21-8-5-3-2-4-7(8)20-10(12(16,17)18)6-9(19-20)11(13,14)15;12-10(13,14)8-5-9(11(15,16)17)19(18-8)6-3-1-2-4-7(6)20/h2-6H,1H3;1-5,20H. The molecule has 0 aliphatic carbocycles. The maximum Gasteiger partial charge on any atom is 0.435 e. The van der Waals surface area contributed by atoms with E-state index in [1.54, 1.807) is 0 Å². The molecule has 0 amide bonds. The average molecular weight is 606 g/mol. The molecule has 0 saturated heterocycles. The van der Waals surface area contributed by atoms with E-state index in [2.05, 4.69) is 10.2 Å². The lowest BCUT2D eigenvalue weighted by atomic mass is 10.2. The topological polar surface area (TPSA) is 65.1 Å². The largest absolute Gasteiger partial charge is 0.506 e. The summed E-state index contributed by atoms with van der Waals surface area (Å²) in [6.45, 7) is 0. The zero-order chi connectivity index (χ0) is 31.0. The molecular formula is C23H14F12N4O2. The normalized spacial score (nSPS) is 12.6. The quantitative estimate of drug-likeness (QED) is 0.245. The molecule has 2 aromatic carbocycles. The van der Waals surface area contributed by atoms with Gasteiger partial charge in [-0.2, -0.15) is 62.9 Å². The van der Waals surface area contributed by atoms with Crippen LogP contribution in [-0.4, -0.2) is 31.8 Å². The monoisotopic (exact) mass is 606 g/mol. The third-order valence-corrected chi connectivity index (χ3v) is 5.00. The van der Waals surface area contributed by atoms with Gasteiger partial charge in [0.2, 0.25) is 0 Å². The first-order chi connectivity index (χ1) is 18.7. The zero-order valence-corrected chi connectivity index (χ0v) is 20.0. The Labute approximate surface area is 221 Å². The van der Waals surface area contributed by atoms with E-state index < -0.39 is 58.9 Å². The molecule has 0 unspecified atom stereocenters. The second-order valence-electron chi connectivity index (χ2n) is 7.80. The van der Waals surface area contributed by atoms with Crippen LogP contribution in [0.4, 0.5) is 52.7 Å². The lowest BCUT2D eigenvalue weighted by Gasteiger charge is -2.12. The van der Waals surface area contributed by atoms with Gasteiger partial charge in [0.1, 0.15) is 34.3 Å². The van der Waals surface area contributed by atoms with Crippen molar-refractivity contribution in [2.24, 2.45) is 0 Å². The Hall–Kier alpha value is -4.38. The van der Waals surface area contributed by atoms with Crippen LogP contribution in [0.3, 0.4) is 0 Å². The first-order valence-corrected chi connectivity index (χ1v) is 10.7. The average Bonchev–Trinajstić information content (AvgIpc) is 3.50. The highest BCUT2D eigenvalue weighted by atomic mass is 19.4. The van der Waals surface area contributed by atoms with Crippen LogP contribution in [0.25, 0.3) is 11.4 Å². The first-order valence-electron chi connectivity index (χ1n) is 10.7. The second-order valence-corrected chi connectivity index (χ2v) is 7.80. The van der Waals surface area contributed by atoms with Crippen LogP contribution in [0, 0.1) is 0 Å². The molecule has 0 fully saturated rings. The summed E-state index contributed by atoms with van der Waals surface area (Å²) in [5.41, 5.74) is -7.18. The predicted octanol–water partition coefficient (Wildman–Crippen LogP) is 7.53. The summed E-state index contributed by atoms with van der Waals surface area (Å²) in [6, 6.07) is 9.87. The van der Waals surface area contributed by atoms with Gasteiger partial charge in [0.15, 0.2) is 11.4 Å². The molecule has 0 atom stereocenters. The van der Waals surface area contributed by atoms with Crippen molar-refractivity contribution in [1.29, 1.82) is 0 Å². The molecule has 222 valence electrons. The Balaban J connectivity index is 0.000000226. The van der Waals surface area contributed by atoms with Crippen molar-refractivity contribution in [1.82, 2.24) is 19.6 Å². The van der Waals surface area contributed by atoms with Crippen molar-refractivity contribution >= 4 is 0 Å². The number of para-hydroxylation sites is 4. The number of alkyl halides is 12. The van der Waals surface area contributed by atoms with E-state index in [4.69, 9.17) is 4.74 Å². The molecule has 18 heteroatoms. The molecule has 0 spiro atoms. The number of benzene rings is 2. The summed E-state index contributed by atoms with van der Waals surface area (Å²) in [6.07, 6.45) is -20.0. The van der Waals surface area contributed by atoms with E-state index in [0.717, 1.165) is 12.1 Å². The molecule has 0 bridgehead atoms. The van der Waals surface area contributed by atoms with Crippen LogP contribution < -0.4 is 4.74 Å². The molecule has 2 aromatic heterocycles. The van der Waals surface area contributed by atoms with Gasteiger partial charge >= 0.3 is 24.7 Å². The van der Waals surface area contributed by atoms with Gasteiger partial charge in [-0.25, -0.2) is 9.36 Å². The molecule has 2 heterocycles. The lowest BCUT2D eigenvalue weighted by Crippen LogP contribution is -2.14. The van der Waals surface area contributed by atoms with Gasteiger partial charge in [0, 0.05) is 12.1 Å². The summed E-state index contributed by atoms with van der Waals surface area (Å²) >= 11 is 0. The zero-order valence-electron chi connectivity index (χ0n) is 20.0. The summed E-state index contributed by atoms with van der Waals surface area (Å²) in [5, 5.41) is 15.4. The minimum Gasteiger partial charge on any atom is -0.506 e. The number of ether oxygens (including phenoxy) is 1. The number of aromatic hydroxyl groups is 1. The lowest BCUT2D eigenvalue weighted by molar-refractivity contribution is -0.145. The maximum absolute atomic E-state index is 12.9. The van der Waals surface area contributed by atoms with Gasteiger partial charge in [-0.15, -0.1) is 0 Å². The third kappa shape index (κ3) is 7.04. The van der Waals surface area contributed by atoms with E-state index in [1.165, 1.54) is 43.5 Å². The molecule has 41 heavy (non-hydrogen) atoms. The van der Waals surface area contributed by atoms with Crippen molar-refractivity contribution in [2.75, 3.05) is 7.11 Å². The molecular weight excluding hydrogens is 592 g/mol. The van der Waals surface area contributed by atoms with Crippen molar-refractivity contribution < 1.29 is 62.5 Å². The number of aromatic nitrogens is 4. The van der Waals surface area contributed by atoms with Gasteiger partial charge in [-0.05, 0) is 24.3 Å². The molecule has 4 rings (SSSR count). The number of methoxy groups -OCH3 is 1. The highest BCUT2D eigenvalue weighted by molar-refractivity contribution is 5.48. The van der Waals surface area contributed by atoms with Crippen molar-refractivity contribution in [2.45, 2.75) is 24.7 Å². The molecule has 0 radical (unpaired) electrons. The minimum atomic E-state index is -5.04. The van der Waals surface area contributed by atoms with Crippen LogP contribution in [0.2, 0.25) is 0 Å². The van der Waals surface area contributed by atoms with Crippen molar-refractivity contribution in [3.8, 4) is 22.9 Å². The number of hydrogen-bond acceptors (Lipinski definition) is 4. The molecule has 4 aromatic rings. The minimum absolute atomic E-state index is 0.0259. The summed E-state index contributed by atoms with van der Waals surface area (Å²) in [4.78, 5) is 0. The van der Waals surface area contributed by atoms with Crippen LogP contribution in [-0.2, 0) is 24.7 Å². The smallest absolute Gasteiger partial charge is 0.435 e. The van der Waals surface area contributed by atoms with E-state index in [-0.39, 0.29) is 32.9 Å². The van der Waals surface area contributed by atoms with Crippen molar-refractivity contribution in [3.05, 3.63) is 83.4 Å². The number of hydrogen-bond donors (Lipinski definition) is 1. The van der Waals surface area contributed by atoms with Gasteiger partial charge in [-0.3, -0.25) is 0 Å². The van der Waals surface area contributed by atoms with E-state index in [1.807, 2.05) is 0 Å². The molecule has 0 saturated carbocycles. The van der Waals surface area contributed by atoms with Gasteiger partial charge < -0.3 is 9.84 Å². The fourth-order valence-corrected chi connectivity index (χ4v) is 3.26. The van der Waals surface area contributed by atoms with E-state index in [9.17, 15) is 57.8 Å². The number of phenolic OH excluding ortho intramolecular Hbond substituents is 1. The van der Waals surface area contributed by atoms with Crippen molar-refractivity contribution in [3.63, 3.8) is 0 Å². The molecule has 1 N–H and O–H groups in total. The summed E-state index contributed by atoms with van der Waals surface area (Å²) in [5.74, 6) is -0.644. The fourth-order valence-electron chi connectivity index (χ4n) is 3.26. The maximum atomic E-state index is 12.9. The van der Waals surface area contributed by atoms with E-state index >= 15 is 0 Å². The Morgan fingerprint density at radius 3 is 1.37 bits per heavy atom. The van der Waals surface area contributed by atoms with Gasteiger partial charge in [0.05, 0.1) is 7.11 Å². The Morgan fingerprint density at radius 2 is 0.976 bits per heavy atom. The third-order valence-electron chi connectivity index (χ3n) is 5.00. The molecule has 0 aliphatic rings. The SMILES string of the molecule is COc1ccccc1-n1nc(C(F)(F)F)cc1C(F)(F)F.Oc1ccccc1-n1nc(C(F)(F)F)cc1C(F)(F)F. The fraction of sp³-hybridized carbons (Fsp3) is 0.217. The number of halogens is 12. The highest BCUT2D eigenvalue weighted by Gasteiger charge is 2.43. The summed E-state index contributed by atoms with van der Waals surface area (Å²) < 4.78 is 157. The van der Waals surface area contributed by atoms with Crippen LogP contribution in [0.5, 0.6) is 11.5 Å². The summed E-state index contributed by atoms with van der Waals surface area (Å²) in [7, 11) is 1.19. The van der Waals surface area contributed by atoms with Crippen LogP contribution in [0.1, 0.15) is 22.8 Å². The Morgan fingerprint density at radius 1 is 0.585 bits per heavy atom. The molecule has 0 aliphatic heterocycles. The first kappa shape index (κ1) is 31.2. The second kappa shape index (κ2) is 10.9. The number of phenols is 1. The highest BCUT2D eigenvalue weighted by Crippen LogP contribution is 2.39. The van der Waals surface area contributed by atoms with Crippen LogP contribution in [0.15, 0.2) is 60.7 Å². The molecule has 6 nitrogen and oxygen atoms in total. The van der Waals surface area contributed by atoms with Gasteiger partial charge in [0.25, 0.3) is 0 Å². The Kier molecular flexibility index (Phi) is 8.27. The number of nitrogens with zero attached hydrogens (tertiary/aromatic N) is 4. The van der Waals surface area contributed by atoms with Gasteiger partial charge in [-0.1, -0.05) is 24.3 Å². The number of rotatable bonds is 3. The Bertz CT molecular complexity index is 1500. The predicted molar refractivity (Wildman–Crippen MR) is 115 cm³/mol. The van der Waals surface area contributed by atoms with Crippen LogP contribution >= 0.6 is 0 Å². The van der Waals surface area contributed by atoms with E-state index in [0.29, 0.717) is 0 Å².